The van der Waals surface area contributed by atoms with Crippen LogP contribution >= 0.6 is 0 Å². The molecule has 0 spiro atoms. The topological polar surface area (TPSA) is 92.8 Å². The third-order valence-corrected chi connectivity index (χ3v) is 4.62. The van der Waals surface area contributed by atoms with Crippen LogP contribution in [0, 0.1) is 0 Å². The molecule has 2 aromatic carbocycles. The second-order valence-corrected chi connectivity index (χ2v) is 6.85. The third-order valence-electron chi connectivity index (χ3n) is 4.62. The largest absolute Gasteiger partial charge is 0.452 e. The van der Waals surface area contributed by atoms with Gasteiger partial charge in [-0.15, -0.1) is 0 Å². The van der Waals surface area contributed by atoms with Gasteiger partial charge in [-0.25, -0.2) is 4.79 Å². The number of hydrogen-bond donors (Lipinski definition) is 1. The van der Waals surface area contributed by atoms with Crippen molar-refractivity contribution in [3.8, 4) is 0 Å². The van der Waals surface area contributed by atoms with Gasteiger partial charge in [0.2, 0.25) is 5.91 Å². The first kappa shape index (κ1) is 20.3. The number of carbonyl (C=O) groups excluding carboxylic acids is 4. The zero-order chi connectivity index (χ0) is 20.8. The highest BCUT2D eigenvalue weighted by Gasteiger charge is 2.20. The molecular formula is C22H22N2O5. The average Bonchev–Trinajstić information content (AvgIpc) is 3.11. The van der Waals surface area contributed by atoms with Gasteiger partial charge in [0.25, 0.3) is 5.91 Å². The molecule has 7 heteroatoms. The number of ketones is 1. The fraction of sp³-hybridized carbons (Fsp3) is 0.273. The lowest BCUT2D eigenvalue weighted by Gasteiger charge is -2.15. The number of esters is 1. The molecule has 1 N–H and O–H groups in total. The Labute approximate surface area is 168 Å². The van der Waals surface area contributed by atoms with Gasteiger partial charge < -0.3 is 15.0 Å². The number of nitrogens with one attached hydrogen (secondary N) is 1. The Bertz CT molecular complexity index is 954. The lowest BCUT2D eigenvalue weighted by molar-refractivity contribution is -0.128. The molecule has 29 heavy (non-hydrogen) atoms. The molecule has 3 rings (SSSR count). The smallest absolute Gasteiger partial charge is 0.338 e. The van der Waals surface area contributed by atoms with Crippen molar-refractivity contribution in [3.63, 3.8) is 0 Å². The molecular weight excluding hydrogens is 372 g/mol. The average molecular weight is 394 g/mol. The number of anilines is 1. The number of benzene rings is 2. The summed E-state index contributed by atoms with van der Waals surface area (Å²) in [5, 5.41) is 2.58. The molecule has 2 amide bonds. The van der Waals surface area contributed by atoms with Crippen LogP contribution in [0.5, 0.6) is 0 Å². The Morgan fingerprint density at radius 1 is 1.10 bits per heavy atom. The van der Waals surface area contributed by atoms with Gasteiger partial charge in [0.15, 0.2) is 12.4 Å². The quantitative estimate of drug-likeness (QED) is 0.576. The van der Waals surface area contributed by atoms with E-state index in [1.807, 2.05) is 6.07 Å². The highest BCUT2D eigenvalue weighted by molar-refractivity contribution is 6.04. The summed E-state index contributed by atoms with van der Waals surface area (Å²) in [6.07, 6.45) is 1.41. The summed E-state index contributed by atoms with van der Waals surface area (Å²) < 4.78 is 5.09. The van der Waals surface area contributed by atoms with Gasteiger partial charge in [0, 0.05) is 25.1 Å². The van der Waals surface area contributed by atoms with E-state index in [0.717, 1.165) is 18.5 Å². The van der Waals surface area contributed by atoms with Crippen LogP contribution in [0.4, 0.5) is 5.69 Å². The molecule has 0 saturated carbocycles. The molecule has 1 aliphatic rings. The highest BCUT2D eigenvalue weighted by atomic mass is 16.5. The van der Waals surface area contributed by atoms with Gasteiger partial charge >= 0.3 is 5.97 Å². The fourth-order valence-corrected chi connectivity index (χ4v) is 3.19. The number of para-hydroxylation sites is 1. The number of amides is 2. The Morgan fingerprint density at radius 3 is 2.62 bits per heavy atom. The van der Waals surface area contributed by atoms with Gasteiger partial charge in [-0.05, 0) is 43.2 Å². The van der Waals surface area contributed by atoms with E-state index in [4.69, 9.17) is 4.74 Å². The summed E-state index contributed by atoms with van der Waals surface area (Å²) in [5.74, 6) is -1.23. The standard InChI is InChI=1S/C22H22N2O5/c1-15(25)18-8-2-3-9-19(18)23-20(26)14-29-22(28)17-7-4-6-16(12-17)13-24-11-5-10-21(24)27/h2-4,6-9,12H,5,10-11,13-14H2,1H3,(H,23,26). The Balaban J connectivity index is 1.57. The second-order valence-electron chi connectivity index (χ2n) is 6.85. The first-order valence-corrected chi connectivity index (χ1v) is 9.37. The molecule has 1 saturated heterocycles. The minimum absolute atomic E-state index is 0.112. The summed E-state index contributed by atoms with van der Waals surface area (Å²) in [6.45, 7) is 2.10. The predicted octanol–water partition coefficient (Wildman–Crippen LogP) is 2.81. The maximum atomic E-state index is 12.3. The van der Waals surface area contributed by atoms with E-state index >= 15 is 0 Å². The molecule has 0 radical (unpaired) electrons. The molecule has 0 bridgehead atoms. The van der Waals surface area contributed by atoms with Gasteiger partial charge in [-0.2, -0.15) is 0 Å². The minimum atomic E-state index is -0.630. The van der Waals surface area contributed by atoms with Crippen molar-refractivity contribution >= 4 is 29.3 Å². The third kappa shape index (κ3) is 5.28. The van der Waals surface area contributed by atoms with Crippen LogP contribution in [0.25, 0.3) is 0 Å². The van der Waals surface area contributed by atoms with Gasteiger partial charge in [-0.3, -0.25) is 14.4 Å². The maximum absolute atomic E-state index is 12.3. The van der Waals surface area contributed by atoms with Crippen LogP contribution < -0.4 is 5.32 Å². The monoisotopic (exact) mass is 394 g/mol. The van der Waals surface area contributed by atoms with E-state index < -0.39 is 18.5 Å². The van der Waals surface area contributed by atoms with Crippen LogP contribution in [0.15, 0.2) is 48.5 Å². The summed E-state index contributed by atoms with van der Waals surface area (Å²) in [7, 11) is 0. The molecule has 0 aromatic heterocycles. The summed E-state index contributed by atoms with van der Waals surface area (Å²) in [6, 6.07) is 13.4. The molecule has 1 aliphatic heterocycles. The van der Waals surface area contributed by atoms with Crippen molar-refractivity contribution < 1.29 is 23.9 Å². The van der Waals surface area contributed by atoms with E-state index in [0.29, 0.717) is 29.8 Å². The van der Waals surface area contributed by atoms with E-state index in [1.165, 1.54) is 6.92 Å². The number of ether oxygens (including phenoxy) is 1. The number of Topliss-reactive ketones (excluding diaryl/α,β-unsaturated/α-hetero) is 1. The van der Waals surface area contributed by atoms with Crippen LogP contribution in [-0.2, 0) is 20.9 Å². The van der Waals surface area contributed by atoms with Crippen LogP contribution in [0.3, 0.4) is 0 Å². The Hall–Kier alpha value is -3.48. The number of rotatable bonds is 7. The number of nitrogens with zero attached hydrogens (tertiary/aromatic N) is 1. The van der Waals surface area contributed by atoms with Gasteiger partial charge in [0.1, 0.15) is 0 Å². The van der Waals surface area contributed by atoms with E-state index in [1.54, 1.807) is 47.4 Å². The Kier molecular flexibility index (Phi) is 6.39. The van der Waals surface area contributed by atoms with Crippen molar-refractivity contribution in [2.45, 2.75) is 26.3 Å². The lowest BCUT2D eigenvalue weighted by Crippen LogP contribution is -2.24. The van der Waals surface area contributed by atoms with Crippen molar-refractivity contribution in [3.05, 3.63) is 65.2 Å². The Morgan fingerprint density at radius 2 is 1.90 bits per heavy atom. The minimum Gasteiger partial charge on any atom is -0.452 e. The predicted molar refractivity (Wildman–Crippen MR) is 106 cm³/mol. The molecule has 150 valence electrons. The zero-order valence-electron chi connectivity index (χ0n) is 16.1. The molecule has 1 heterocycles. The zero-order valence-corrected chi connectivity index (χ0v) is 16.1. The van der Waals surface area contributed by atoms with E-state index in [-0.39, 0.29) is 11.7 Å². The number of hydrogen-bond acceptors (Lipinski definition) is 5. The van der Waals surface area contributed by atoms with Crippen molar-refractivity contribution in [1.29, 1.82) is 0 Å². The SMILES string of the molecule is CC(=O)c1ccccc1NC(=O)COC(=O)c1cccc(CN2CCCC2=O)c1. The maximum Gasteiger partial charge on any atom is 0.338 e. The lowest BCUT2D eigenvalue weighted by atomic mass is 10.1. The molecule has 0 atom stereocenters. The van der Waals surface area contributed by atoms with Crippen molar-refractivity contribution in [2.24, 2.45) is 0 Å². The van der Waals surface area contributed by atoms with Crippen LogP contribution in [0.1, 0.15) is 46.0 Å². The number of carbonyl (C=O) groups is 4. The van der Waals surface area contributed by atoms with Crippen molar-refractivity contribution in [2.75, 3.05) is 18.5 Å². The number of likely N-dealkylation sites (tertiary alicyclic amines) is 1. The molecule has 0 unspecified atom stereocenters. The van der Waals surface area contributed by atoms with E-state index in [9.17, 15) is 19.2 Å². The second kappa shape index (κ2) is 9.14. The molecule has 7 nitrogen and oxygen atoms in total. The molecule has 0 aliphatic carbocycles. The van der Waals surface area contributed by atoms with Crippen LogP contribution in [0.2, 0.25) is 0 Å². The summed E-state index contributed by atoms with van der Waals surface area (Å²) >= 11 is 0. The van der Waals surface area contributed by atoms with Crippen LogP contribution in [-0.4, -0.2) is 41.6 Å². The first-order chi connectivity index (χ1) is 13.9. The molecule has 1 fully saturated rings. The highest BCUT2D eigenvalue weighted by Crippen LogP contribution is 2.17. The molecule has 2 aromatic rings. The summed E-state index contributed by atoms with van der Waals surface area (Å²) in [5.41, 5.74) is 1.90. The van der Waals surface area contributed by atoms with Gasteiger partial charge in [-0.1, -0.05) is 24.3 Å². The van der Waals surface area contributed by atoms with E-state index in [2.05, 4.69) is 5.32 Å². The van der Waals surface area contributed by atoms with Gasteiger partial charge in [0.05, 0.1) is 11.3 Å². The summed E-state index contributed by atoms with van der Waals surface area (Å²) in [4.78, 5) is 49.5. The van der Waals surface area contributed by atoms with Crippen molar-refractivity contribution in [1.82, 2.24) is 4.90 Å². The normalized spacial score (nSPS) is 13.3. The first-order valence-electron chi connectivity index (χ1n) is 9.37. The fourth-order valence-electron chi connectivity index (χ4n) is 3.19.